The third-order valence-corrected chi connectivity index (χ3v) is 6.18. The van der Waals surface area contributed by atoms with Crippen molar-refractivity contribution in [2.24, 2.45) is 10.9 Å². The van der Waals surface area contributed by atoms with Gasteiger partial charge in [-0.2, -0.15) is 0 Å². The van der Waals surface area contributed by atoms with Gasteiger partial charge in [-0.1, -0.05) is 61.6 Å². The number of likely N-dealkylation sites (N-methyl/N-ethyl adjacent to an activating group) is 1. The number of allylic oxidation sites excluding steroid dienone is 6. The van der Waals surface area contributed by atoms with E-state index in [1.165, 1.54) is 17.7 Å². The molecule has 1 N–H and O–H groups in total. The number of nitrogens with zero attached hydrogens (tertiary/aromatic N) is 3. The molecule has 1 aromatic carbocycles. The van der Waals surface area contributed by atoms with Crippen LogP contribution in [0, 0.1) is 11.7 Å². The van der Waals surface area contributed by atoms with Crippen LogP contribution in [0.15, 0.2) is 95.6 Å². The molecule has 180 valence electrons. The monoisotopic (exact) mass is 460 g/mol. The lowest BCUT2D eigenvalue weighted by atomic mass is 9.89. The average molecular weight is 461 g/mol. The quantitative estimate of drug-likeness (QED) is 0.441. The first-order valence-corrected chi connectivity index (χ1v) is 12.1. The SMILES string of the molecule is C=C1C(N(C/C=C/CC)CCNC)=NC=CN1/C(=C(\C)c1ccc(F)cc1)C1C=CC(C)=CC1. The summed E-state index contributed by atoms with van der Waals surface area (Å²) in [5.74, 6) is 0.820. The van der Waals surface area contributed by atoms with Gasteiger partial charge in [-0.25, -0.2) is 9.38 Å². The molecule has 0 amide bonds. The Hall–Kier alpha value is -3.18. The molecule has 5 heteroatoms. The van der Waals surface area contributed by atoms with Gasteiger partial charge in [0.05, 0.1) is 5.70 Å². The molecule has 0 saturated carbocycles. The number of hydrogen-bond acceptors (Lipinski definition) is 4. The highest BCUT2D eigenvalue weighted by atomic mass is 19.1. The van der Waals surface area contributed by atoms with Crippen molar-refractivity contribution in [2.75, 3.05) is 26.7 Å². The van der Waals surface area contributed by atoms with E-state index in [-0.39, 0.29) is 11.7 Å². The maximum atomic E-state index is 13.6. The van der Waals surface area contributed by atoms with Gasteiger partial charge in [0.2, 0.25) is 0 Å². The Morgan fingerprint density at radius 3 is 2.71 bits per heavy atom. The van der Waals surface area contributed by atoms with Crippen molar-refractivity contribution in [1.29, 1.82) is 0 Å². The second-order valence-electron chi connectivity index (χ2n) is 8.66. The Balaban J connectivity index is 2.00. The minimum Gasteiger partial charge on any atom is -0.350 e. The summed E-state index contributed by atoms with van der Waals surface area (Å²) in [6.07, 6.45) is 16.8. The zero-order valence-electron chi connectivity index (χ0n) is 20.9. The van der Waals surface area contributed by atoms with Crippen molar-refractivity contribution in [1.82, 2.24) is 15.1 Å². The van der Waals surface area contributed by atoms with E-state index in [1.54, 1.807) is 0 Å². The summed E-state index contributed by atoms with van der Waals surface area (Å²) in [7, 11) is 1.96. The van der Waals surface area contributed by atoms with E-state index in [0.29, 0.717) is 0 Å². The number of benzene rings is 1. The predicted octanol–water partition coefficient (Wildman–Crippen LogP) is 6.27. The maximum absolute atomic E-state index is 13.6. The summed E-state index contributed by atoms with van der Waals surface area (Å²) in [6, 6.07) is 6.73. The summed E-state index contributed by atoms with van der Waals surface area (Å²) in [4.78, 5) is 9.16. The molecule has 0 saturated heterocycles. The van der Waals surface area contributed by atoms with Crippen LogP contribution in [0.25, 0.3) is 5.57 Å². The Bertz CT molecular complexity index is 1040. The molecule has 0 spiro atoms. The fourth-order valence-electron chi connectivity index (χ4n) is 4.25. The van der Waals surface area contributed by atoms with Crippen LogP contribution in [0.5, 0.6) is 0 Å². The number of amidine groups is 1. The van der Waals surface area contributed by atoms with Gasteiger partial charge in [-0.3, -0.25) is 0 Å². The van der Waals surface area contributed by atoms with Crippen LogP contribution in [-0.4, -0.2) is 42.3 Å². The first-order chi connectivity index (χ1) is 16.5. The first kappa shape index (κ1) is 25.4. The van der Waals surface area contributed by atoms with E-state index in [4.69, 9.17) is 4.99 Å². The van der Waals surface area contributed by atoms with E-state index in [0.717, 1.165) is 60.8 Å². The van der Waals surface area contributed by atoms with E-state index < -0.39 is 0 Å². The van der Waals surface area contributed by atoms with E-state index in [2.05, 4.69) is 72.8 Å². The minimum absolute atomic E-state index is 0.181. The van der Waals surface area contributed by atoms with Gasteiger partial charge < -0.3 is 15.1 Å². The lowest BCUT2D eigenvalue weighted by molar-refractivity contribution is 0.432. The highest BCUT2D eigenvalue weighted by Gasteiger charge is 2.28. The Morgan fingerprint density at radius 2 is 2.06 bits per heavy atom. The number of aliphatic imine (C=N–C) groups is 1. The van der Waals surface area contributed by atoms with Crippen molar-refractivity contribution < 1.29 is 4.39 Å². The van der Waals surface area contributed by atoms with Crippen molar-refractivity contribution >= 4 is 11.4 Å². The number of halogens is 1. The summed E-state index contributed by atoms with van der Waals surface area (Å²) in [5, 5.41) is 3.24. The van der Waals surface area contributed by atoms with Gasteiger partial charge in [0.15, 0.2) is 5.84 Å². The molecular formula is C29H37FN4. The molecule has 0 radical (unpaired) electrons. The molecule has 1 aromatic rings. The van der Waals surface area contributed by atoms with Gasteiger partial charge >= 0.3 is 0 Å². The van der Waals surface area contributed by atoms with Crippen LogP contribution in [0.3, 0.4) is 0 Å². The smallest absolute Gasteiger partial charge is 0.152 e. The molecule has 1 aliphatic heterocycles. The van der Waals surface area contributed by atoms with Crippen molar-refractivity contribution in [3.05, 3.63) is 102 Å². The van der Waals surface area contributed by atoms with E-state index in [1.807, 2.05) is 31.6 Å². The number of hydrogen-bond donors (Lipinski definition) is 1. The van der Waals surface area contributed by atoms with Crippen molar-refractivity contribution in [3.63, 3.8) is 0 Å². The second kappa shape index (κ2) is 12.3. The molecular weight excluding hydrogens is 423 g/mol. The molecule has 0 fully saturated rings. The summed E-state index contributed by atoms with van der Waals surface area (Å²) in [6.45, 7) is 13.3. The number of rotatable bonds is 9. The molecule has 1 atom stereocenters. The van der Waals surface area contributed by atoms with Crippen molar-refractivity contribution in [2.45, 2.75) is 33.6 Å². The minimum atomic E-state index is -0.230. The van der Waals surface area contributed by atoms with Gasteiger partial charge in [0.1, 0.15) is 5.82 Å². The summed E-state index contributed by atoms with van der Waals surface area (Å²) >= 11 is 0. The molecule has 0 aromatic heterocycles. The summed E-state index contributed by atoms with van der Waals surface area (Å²) in [5.41, 5.74) is 5.35. The normalized spacial score (nSPS) is 18.8. The molecule has 1 unspecified atom stereocenters. The molecule has 2 aliphatic rings. The topological polar surface area (TPSA) is 30.9 Å². The van der Waals surface area contributed by atoms with Crippen LogP contribution in [0.1, 0.15) is 39.2 Å². The highest BCUT2D eigenvalue weighted by molar-refractivity contribution is 5.99. The molecule has 1 aliphatic carbocycles. The first-order valence-electron chi connectivity index (χ1n) is 12.1. The van der Waals surface area contributed by atoms with Gasteiger partial charge in [-0.05, 0) is 57.0 Å². The highest BCUT2D eigenvalue weighted by Crippen LogP contribution is 2.36. The molecule has 3 rings (SSSR count). The molecule has 34 heavy (non-hydrogen) atoms. The maximum Gasteiger partial charge on any atom is 0.152 e. The molecule has 1 heterocycles. The fraction of sp³-hybridized carbons (Fsp3) is 0.345. The zero-order valence-corrected chi connectivity index (χ0v) is 20.9. The lowest BCUT2D eigenvalue weighted by Gasteiger charge is -2.37. The standard InChI is InChI=1S/C29H37FN4/c1-6-7-8-19-33(20-17-31-5)29-24(4)34(21-18-32-29)28(26-11-9-22(2)10-12-26)23(3)25-13-15-27(30)16-14-25/h7-11,13-16,18,21,26,31H,4,6,12,17,19-20H2,1-3,5H3/b8-7+,28-23+. The van der Waals surface area contributed by atoms with Gasteiger partial charge in [0.25, 0.3) is 0 Å². The zero-order chi connectivity index (χ0) is 24.5. The van der Waals surface area contributed by atoms with Crippen LogP contribution < -0.4 is 5.32 Å². The van der Waals surface area contributed by atoms with Crippen molar-refractivity contribution in [3.8, 4) is 0 Å². The predicted molar refractivity (Wildman–Crippen MR) is 142 cm³/mol. The lowest BCUT2D eigenvalue weighted by Crippen LogP contribution is -2.41. The Labute approximate surface area is 204 Å². The second-order valence-corrected chi connectivity index (χ2v) is 8.66. The third kappa shape index (κ3) is 6.23. The van der Waals surface area contributed by atoms with Gasteiger partial charge in [0, 0.05) is 43.6 Å². The van der Waals surface area contributed by atoms with E-state index in [9.17, 15) is 4.39 Å². The van der Waals surface area contributed by atoms with Crippen LogP contribution >= 0.6 is 0 Å². The van der Waals surface area contributed by atoms with E-state index >= 15 is 0 Å². The fourth-order valence-corrected chi connectivity index (χ4v) is 4.25. The van der Waals surface area contributed by atoms with Crippen LogP contribution in [0.2, 0.25) is 0 Å². The average Bonchev–Trinajstić information content (AvgIpc) is 2.84. The largest absolute Gasteiger partial charge is 0.350 e. The third-order valence-electron chi connectivity index (χ3n) is 6.18. The van der Waals surface area contributed by atoms with Crippen LogP contribution in [-0.2, 0) is 0 Å². The Kier molecular flexibility index (Phi) is 9.23. The summed E-state index contributed by atoms with van der Waals surface area (Å²) < 4.78 is 13.6. The van der Waals surface area contributed by atoms with Crippen LogP contribution in [0.4, 0.5) is 4.39 Å². The molecule has 0 bridgehead atoms. The van der Waals surface area contributed by atoms with Gasteiger partial charge in [-0.15, -0.1) is 0 Å². The molecule has 4 nitrogen and oxygen atoms in total. The Morgan fingerprint density at radius 1 is 1.29 bits per heavy atom. The number of nitrogens with one attached hydrogen (secondary N) is 1.